The third-order valence-electron chi connectivity index (χ3n) is 2.73. The van der Waals surface area contributed by atoms with Crippen molar-refractivity contribution in [3.63, 3.8) is 0 Å². The van der Waals surface area contributed by atoms with Crippen LogP contribution in [0.25, 0.3) is 0 Å². The fraction of sp³-hybridized carbons (Fsp3) is 0.143. The van der Waals surface area contributed by atoms with E-state index >= 15 is 0 Å². The van der Waals surface area contributed by atoms with Gasteiger partial charge in [-0.2, -0.15) is 0 Å². The van der Waals surface area contributed by atoms with Crippen LogP contribution in [0.2, 0.25) is 0 Å². The Hall–Kier alpha value is -0.930. The fourth-order valence-electron chi connectivity index (χ4n) is 1.70. The van der Waals surface area contributed by atoms with E-state index in [4.69, 9.17) is 11.6 Å². The van der Waals surface area contributed by atoms with E-state index in [2.05, 4.69) is 15.9 Å². The third-order valence-corrected chi connectivity index (χ3v) is 3.92. The Morgan fingerprint density at radius 1 is 1.06 bits per heavy atom. The number of hydrogen-bond donors (Lipinski definition) is 0. The van der Waals surface area contributed by atoms with Crippen LogP contribution in [0.15, 0.2) is 40.9 Å². The number of alkyl halides is 1. The summed E-state index contributed by atoms with van der Waals surface area (Å²) in [4.78, 5) is 0. The van der Waals surface area contributed by atoms with Gasteiger partial charge < -0.3 is 0 Å². The molecule has 0 heterocycles. The predicted octanol–water partition coefficient (Wildman–Crippen LogP) is 5.36. The van der Waals surface area contributed by atoms with Gasteiger partial charge in [0.25, 0.3) is 0 Å². The summed E-state index contributed by atoms with van der Waals surface area (Å²) in [5.41, 5.74) is 1.13. The van der Waals surface area contributed by atoms with Crippen molar-refractivity contribution in [2.45, 2.75) is 12.3 Å². The standard InChI is InChI=1S/C14H10BrClF2/c1-8-6-13(18)10(7-12(8)17)14(16)9-4-2-3-5-11(9)15/h2-7,14H,1H3. The van der Waals surface area contributed by atoms with Gasteiger partial charge >= 0.3 is 0 Å². The smallest absolute Gasteiger partial charge is 0.128 e. The molecule has 2 rings (SSSR count). The second kappa shape index (κ2) is 5.37. The van der Waals surface area contributed by atoms with E-state index in [0.29, 0.717) is 5.56 Å². The highest BCUT2D eigenvalue weighted by atomic mass is 79.9. The van der Waals surface area contributed by atoms with Crippen molar-refractivity contribution in [1.29, 1.82) is 0 Å². The largest absolute Gasteiger partial charge is 0.207 e. The number of rotatable bonds is 2. The summed E-state index contributed by atoms with van der Waals surface area (Å²) in [6, 6.07) is 9.55. The first-order valence-electron chi connectivity index (χ1n) is 5.34. The van der Waals surface area contributed by atoms with Crippen LogP contribution in [0, 0.1) is 18.6 Å². The Morgan fingerprint density at radius 3 is 2.39 bits per heavy atom. The maximum Gasteiger partial charge on any atom is 0.128 e. The van der Waals surface area contributed by atoms with Gasteiger partial charge in [0.1, 0.15) is 11.6 Å². The lowest BCUT2D eigenvalue weighted by Crippen LogP contribution is -2.00. The minimum absolute atomic E-state index is 0.145. The second-order valence-corrected chi connectivity index (χ2v) is 5.30. The van der Waals surface area contributed by atoms with Gasteiger partial charge in [-0.1, -0.05) is 34.1 Å². The quantitative estimate of drug-likeness (QED) is 0.650. The summed E-state index contributed by atoms with van der Waals surface area (Å²) in [6.45, 7) is 1.52. The van der Waals surface area contributed by atoms with Crippen LogP contribution >= 0.6 is 27.5 Å². The van der Waals surface area contributed by atoms with E-state index in [9.17, 15) is 8.78 Å². The number of aryl methyl sites for hydroxylation is 1. The van der Waals surface area contributed by atoms with Crippen molar-refractivity contribution in [2.75, 3.05) is 0 Å². The van der Waals surface area contributed by atoms with Gasteiger partial charge in [-0.3, -0.25) is 0 Å². The van der Waals surface area contributed by atoms with Crippen molar-refractivity contribution in [1.82, 2.24) is 0 Å². The van der Waals surface area contributed by atoms with Crippen molar-refractivity contribution in [3.8, 4) is 0 Å². The van der Waals surface area contributed by atoms with Crippen molar-refractivity contribution in [2.24, 2.45) is 0 Å². The van der Waals surface area contributed by atoms with Crippen LogP contribution in [0.5, 0.6) is 0 Å². The van der Waals surface area contributed by atoms with E-state index in [0.717, 1.165) is 16.6 Å². The Morgan fingerprint density at radius 2 is 1.72 bits per heavy atom. The van der Waals surface area contributed by atoms with Gasteiger partial charge in [0.2, 0.25) is 0 Å². The Kier molecular flexibility index (Phi) is 4.03. The monoisotopic (exact) mass is 330 g/mol. The molecule has 0 aliphatic rings. The predicted molar refractivity (Wildman–Crippen MR) is 72.9 cm³/mol. The molecule has 0 spiro atoms. The summed E-state index contributed by atoms with van der Waals surface area (Å²) in [6.07, 6.45) is 0. The molecule has 1 unspecified atom stereocenters. The molecule has 2 aromatic rings. The van der Waals surface area contributed by atoms with Gasteiger partial charge in [0, 0.05) is 10.0 Å². The molecule has 4 heteroatoms. The lowest BCUT2D eigenvalue weighted by molar-refractivity contribution is 0.580. The van der Waals surface area contributed by atoms with E-state index in [1.807, 2.05) is 12.1 Å². The van der Waals surface area contributed by atoms with Crippen LogP contribution < -0.4 is 0 Å². The molecule has 2 aromatic carbocycles. The molecule has 0 aliphatic carbocycles. The first-order valence-corrected chi connectivity index (χ1v) is 6.57. The average molecular weight is 332 g/mol. The zero-order chi connectivity index (χ0) is 13.3. The van der Waals surface area contributed by atoms with Crippen LogP contribution in [0.1, 0.15) is 22.1 Å². The number of benzene rings is 2. The molecule has 0 amide bonds. The normalized spacial score (nSPS) is 12.5. The molecule has 0 radical (unpaired) electrons. The van der Waals surface area contributed by atoms with Gasteiger partial charge in [0.15, 0.2) is 0 Å². The Labute approximate surface area is 118 Å². The van der Waals surface area contributed by atoms with Crippen molar-refractivity contribution >= 4 is 27.5 Å². The highest BCUT2D eigenvalue weighted by Gasteiger charge is 2.19. The van der Waals surface area contributed by atoms with E-state index in [1.54, 1.807) is 12.1 Å². The topological polar surface area (TPSA) is 0 Å². The molecule has 0 nitrogen and oxygen atoms in total. The highest BCUT2D eigenvalue weighted by molar-refractivity contribution is 9.10. The molecule has 0 N–H and O–H groups in total. The van der Waals surface area contributed by atoms with Gasteiger partial charge in [-0.05, 0) is 36.2 Å². The molecule has 1 atom stereocenters. The van der Waals surface area contributed by atoms with Gasteiger partial charge in [-0.15, -0.1) is 11.6 Å². The second-order valence-electron chi connectivity index (χ2n) is 4.01. The minimum atomic E-state index is -0.726. The summed E-state index contributed by atoms with van der Waals surface area (Å²) in [5.74, 6) is -0.950. The molecular formula is C14H10BrClF2. The third kappa shape index (κ3) is 2.57. The van der Waals surface area contributed by atoms with E-state index in [-0.39, 0.29) is 11.1 Å². The maximum absolute atomic E-state index is 13.8. The fourth-order valence-corrected chi connectivity index (χ4v) is 2.71. The Bertz CT molecular complexity index is 584. The average Bonchev–Trinajstić information content (AvgIpc) is 2.33. The molecule has 0 saturated carbocycles. The van der Waals surface area contributed by atoms with Crippen LogP contribution in [-0.2, 0) is 0 Å². The van der Waals surface area contributed by atoms with Crippen molar-refractivity contribution in [3.05, 3.63) is 69.2 Å². The zero-order valence-corrected chi connectivity index (χ0v) is 11.9. The summed E-state index contributed by atoms with van der Waals surface area (Å²) < 4.78 is 28.1. The molecule has 94 valence electrons. The van der Waals surface area contributed by atoms with Gasteiger partial charge in [-0.25, -0.2) is 8.78 Å². The first-order chi connectivity index (χ1) is 8.50. The summed E-state index contributed by atoms with van der Waals surface area (Å²) in [7, 11) is 0. The summed E-state index contributed by atoms with van der Waals surface area (Å²) in [5, 5.41) is -0.726. The van der Waals surface area contributed by atoms with Crippen LogP contribution in [0.3, 0.4) is 0 Å². The maximum atomic E-state index is 13.8. The highest BCUT2D eigenvalue weighted by Crippen LogP contribution is 2.35. The molecule has 0 aliphatic heterocycles. The zero-order valence-electron chi connectivity index (χ0n) is 9.55. The SMILES string of the molecule is Cc1cc(F)c(C(Cl)c2ccccc2Br)cc1F. The van der Waals surface area contributed by atoms with E-state index in [1.165, 1.54) is 6.92 Å². The van der Waals surface area contributed by atoms with Crippen molar-refractivity contribution < 1.29 is 8.78 Å². The molecule has 0 saturated heterocycles. The lowest BCUT2D eigenvalue weighted by atomic mass is 10.0. The van der Waals surface area contributed by atoms with E-state index < -0.39 is 17.0 Å². The molecular weight excluding hydrogens is 322 g/mol. The lowest BCUT2D eigenvalue weighted by Gasteiger charge is -2.14. The summed E-state index contributed by atoms with van der Waals surface area (Å²) >= 11 is 9.58. The van der Waals surface area contributed by atoms with Crippen LogP contribution in [0.4, 0.5) is 8.78 Å². The molecule has 0 aromatic heterocycles. The first kappa shape index (κ1) is 13.5. The van der Waals surface area contributed by atoms with Gasteiger partial charge in [0.05, 0.1) is 5.38 Å². The number of halogens is 4. The molecule has 0 bridgehead atoms. The number of hydrogen-bond acceptors (Lipinski definition) is 0. The Balaban J connectivity index is 2.50. The minimum Gasteiger partial charge on any atom is -0.207 e. The molecule has 18 heavy (non-hydrogen) atoms. The molecule has 0 fully saturated rings. The van der Waals surface area contributed by atoms with Crippen LogP contribution in [-0.4, -0.2) is 0 Å².